The van der Waals surface area contributed by atoms with Crippen LogP contribution in [0.2, 0.25) is 0 Å². The summed E-state index contributed by atoms with van der Waals surface area (Å²) in [7, 11) is 2.26. The molecule has 0 aromatic heterocycles. The molecule has 4 rings (SSSR count). The van der Waals surface area contributed by atoms with Crippen LogP contribution in [-0.2, 0) is 13.1 Å². The molecule has 0 radical (unpaired) electrons. The van der Waals surface area contributed by atoms with Crippen molar-refractivity contribution < 1.29 is 4.74 Å². The molecule has 1 aliphatic heterocycles. The predicted molar refractivity (Wildman–Crippen MR) is 138 cm³/mol. The molecule has 6 heteroatoms. The summed E-state index contributed by atoms with van der Waals surface area (Å²) >= 11 is 0. The number of rotatable bonds is 6. The third-order valence-corrected chi connectivity index (χ3v) is 6.44. The van der Waals surface area contributed by atoms with Gasteiger partial charge in [-0.1, -0.05) is 61.7 Å². The van der Waals surface area contributed by atoms with Crippen molar-refractivity contribution in [3.63, 3.8) is 0 Å². The maximum absolute atomic E-state index is 6.27. The molecule has 1 atom stereocenters. The van der Waals surface area contributed by atoms with Gasteiger partial charge in [-0.15, -0.1) is 24.0 Å². The van der Waals surface area contributed by atoms with Crippen molar-refractivity contribution in [2.24, 2.45) is 10.7 Å². The van der Waals surface area contributed by atoms with E-state index in [1.54, 1.807) is 0 Å². The minimum Gasteiger partial charge on any atom is -0.493 e. The summed E-state index contributed by atoms with van der Waals surface area (Å²) in [6.45, 7) is 2.26. The third kappa shape index (κ3) is 6.35. The number of nitrogens with zero attached hydrogens (tertiary/aromatic N) is 2. The van der Waals surface area contributed by atoms with Gasteiger partial charge < -0.3 is 15.8 Å². The molecule has 3 N–H and O–H groups in total. The SMILES string of the molecule is CN(Cc1ccccc1CN=C(N)NC1CCOc2ccccc21)C1CCCCC1.I. The smallest absolute Gasteiger partial charge is 0.189 e. The number of nitrogens with one attached hydrogen (secondary N) is 1. The quantitative estimate of drug-likeness (QED) is 0.311. The van der Waals surface area contributed by atoms with Crippen molar-refractivity contribution in [3.05, 3.63) is 65.2 Å². The number of benzene rings is 2. The van der Waals surface area contributed by atoms with Crippen LogP contribution < -0.4 is 15.8 Å². The van der Waals surface area contributed by atoms with Crippen LogP contribution in [0.4, 0.5) is 0 Å². The van der Waals surface area contributed by atoms with Gasteiger partial charge in [-0.3, -0.25) is 4.90 Å². The summed E-state index contributed by atoms with van der Waals surface area (Å²) in [4.78, 5) is 7.18. The van der Waals surface area contributed by atoms with E-state index in [9.17, 15) is 0 Å². The van der Waals surface area contributed by atoms with E-state index in [1.807, 2.05) is 18.2 Å². The van der Waals surface area contributed by atoms with E-state index in [4.69, 9.17) is 10.5 Å². The molecule has 0 saturated heterocycles. The fourth-order valence-corrected chi connectivity index (χ4v) is 4.67. The van der Waals surface area contributed by atoms with Crippen LogP contribution in [0.5, 0.6) is 5.75 Å². The van der Waals surface area contributed by atoms with E-state index >= 15 is 0 Å². The second-order valence-corrected chi connectivity index (χ2v) is 8.55. The molecule has 168 valence electrons. The minimum absolute atomic E-state index is 0. The van der Waals surface area contributed by atoms with Crippen LogP contribution in [0.3, 0.4) is 0 Å². The highest BCUT2D eigenvalue weighted by atomic mass is 127. The maximum atomic E-state index is 6.27. The number of hydrogen-bond acceptors (Lipinski definition) is 3. The average Bonchev–Trinajstić information content (AvgIpc) is 2.79. The van der Waals surface area contributed by atoms with Crippen molar-refractivity contribution in [2.45, 2.75) is 63.7 Å². The first-order valence-corrected chi connectivity index (χ1v) is 11.3. The van der Waals surface area contributed by atoms with E-state index in [-0.39, 0.29) is 30.0 Å². The number of aliphatic imine (C=N–C) groups is 1. The monoisotopic (exact) mass is 534 g/mol. The predicted octanol–water partition coefficient (Wildman–Crippen LogP) is 5.00. The Morgan fingerprint density at radius 1 is 1.03 bits per heavy atom. The van der Waals surface area contributed by atoms with E-state index < -0.39 is 0 Å². The van der Waals surface area contributed by atoms with Crippen molar-refractivity contribution in [2.75, 3.05) is 13.7 Å². The van der Waals surface area contributed by atoms with Gasteiger partial charge in [0.2, 0.25) is 0 Å². The van der Waals surface area contributed by atoms with Gasteiger partial charge in [-0.05, 0) is 37.1 Å². The number of nitrogens with two attached hydrogens (primary N) is 1. The van der Waals surface area contributed by atoms with Gasteiger partial charge in [0.15, 0.2) is 5.96 Å². The molecule has 5 nitrogen and oxygen atoms in total. The van der Waals surface area contributed by atoms with E-state index in [0.717, 1.165) is 24.3 Å². The summed E-state index contributed by atoms with van der Waals surface area (Å²) in [6, 6.07) is 17.6. The fourth-order valence-electron chi connectivity index (χ4n) is 4.67. The van der Waals surface area contributed by atoms with Crippen molar-refractivity contribution in [1.29, 1.82) is 0 Å². The van der Waals surface area contributed by atoms with Crippen LogP contribution in [0.1, 0.15) is 61.3 Å². The van der Waals surface area contributed by atoms with Crippen molar-refractivity contribution in [3.8, 4) is 5.75 Å². The number of guanidine groups is 1. The largest absolute Gasteiger partial charge is 0.493 e. The van der Waals surface area contributed by atoms with Crippen LogP contribution in [0.15, 0.2) is 53.5 Å². The van der Waals surface area contributed by atoms with Crippen molar-refractivity contribution in [1.82, 2.24) is 10.2 Å². The lowest BCUT2D eigenvalue weighted by Crippen LogP contribution is -2.37. The molecule has 0 amide bonds. The molecule has 2 aromatic rings. The Bertz CT molecular complexity index is 866. The Morgan fingerprint density at radius 3 is 2.55 bits per heavy atom. The number of para-hydroxylation sites is 1. The van der Waals surface area contributed by atoms with Crippen LogP contribution in [0.25, 0.3) is 0 Å². The van der Waals surface area contributed by atoms with Gasteiger partial charge in [0, 0.05) is 24.6 Å². The van der Waals surface area contributed by atoms with E-state index in [2.05, 4.69) is 52.6 Å². The summed E-state index contributed by atoms with van der Waals surface area (Å²) < 4.78 is 5.74. The Kier molecular flexibility index (Phi) is 9.02. The highest BCUT2D eigenvalue weighted by Crippen LogP contribution is 2.31. The summed E-state index contributed by atoms with van der Waals surface area (Å²) in [5.74, 6) is 1.43. The lowest BCUT2D eigenvalue weighted by Gasteiger charge is -2.31. The van der Waals surface area contributed by atoms with Crippen molar-refractivity contribution >= 4 is 29.9 Å². The van der Waals surface area contributed by atoms with Gasteiger partial charge in [0.25, 0.3) is 0 Å². The Hall–Kier alpha value is -1.80. The van der Waals surface area contributed by atoms with Crippen LogP contribution >= 0.6 is 24.0 Å². The normalized spacial score (nSPS) is 19.3. The minimum atomic E-state index is 0. The lowest BCUT2D eigenvalue weighted by atomic mass is 9.94. The zero-order valence-corrected chi connectivity index (χ0v) is 20.8. The number of fused-ring (bicyclic) bond motifs is 1. The van der Waals surface area contributed by atoms with Gasteiger partial charge in [-0.2, -0.15) is 0 Å². The summed E-state index contributed by atoms with van der Waals surface area (Å²) in [6.07, 6.45) is 7.63. The number of ether oxygens (including phenoxy) is 1. The first-order valence-electron chi connectivity index (χ1n) is 11.3. The molecular formula is C25H35IN4O. The topological polar surface area (TPSA) is 62.9 Å². The molecular weight excluding hydrogens is 499 g/mol. The Labute approximate surface area is 203 Å². The molecule has 0 bridgehead atoms. The lowest BCUT2D eigenvalue weighted by molar-refractivity contribution is 0.184. The van der Waals surface area contributed by atoms with Gasteiger partial charge in [-0.25, -0.2) is 4.99 Å². The molecule has 1 saturated carbocycles. The molecule has 1 unspecified atom stereocenters. The molecule has 31 heavy (non-hydrogen) atoms. The molecule has 1 heterocycles. The van der Waals surface area contributed by atoms with E-state index in [1.165, 1.54) is 43.2 Å². The van der Waals surface area contributed by atoms with E-state index in [0.29, 0.717) is 25.2 Å². The highest BCUT2D eigenvalue weighted by molar-refractivity contribution is 14.0. The first-order chi connectivity index (χ1) is 14.7. The molecule has 0 spiro atoms. The number of halogens is 1. The maximum Gasteiger partial charge on any atom is 0.189 e. The molecule has 2 aromatic carbocycles. The first kappa shape index (κ1) is 23.9. The highest BCUT2D eigenvalue weighted by Gasteiger charge is 2.21. The van der Waals surface area contributed by atoms with Gasteiger partial charge >= 0.3 is 0 Å². The fraction of sp³-hybridized carbons (Fsp3) is 0.480. The van der Waals surface area contributed by atoms with Crippen LogP contribution in [-0.4, -0.2) is 30.6 Å². The third-order valence-electron chi connectivity index (χ3n) is 6.44. The molecule has 1 aliphatic carbocycles. The molecule has 2 aliphatic rings. The zero-order valence-electron chi connectivity index (χ0n) is 18.4. The molecule has 1 fully saturated rings. The zero-order chi connectivity index (χ0) is 20.8. The Balaban J connectivity index is 0.00000272. The average molecular weight is 534 g/mol. The second-order valence-electron chi connectivity index (χ2n) is 8.55. The summed E-state index contributed by atoms with van der Waals surface area (Å²) in [5, 5.41) is 3.39. The summed E-state index contributed by atoms with van der Waals surface area (Å²) in [5.41, 5.74) is 10.0. The number of hydrogen-bond donors (Lipinski definition) is 2. The van der Waals surface area contributed by atoms with Gasteiger partial charge in [0.1, 0.15) is 5.75 Å². The Morgan fingerprint density at radius 2 is 1.74 bits per heavy atom. The van der Waals surface area contributed by atoms with Crippen LogP contribution in [0, 0.1) is 0 Å². The standard InChI is InChI=1S/C25H34N4O.HI/c1-29(21-11-3-2-4-12-21)18-20-10-6-5-9-19(20)17-27-25(26)28-23-15-16-30-24-14-8-7-13-22(23)24;/h5-10,13-14,21,23H,2-4,11-12,15-18H2,1H3,(H3,26,27,28);1H. The second kappa shape index (κ2) is 11.7. The van der Waals surface area contributed by atoms with Gasteiger partial charge in [0.05, 0.1) is 19.2 Å².